The molecule has 0 bridgehead atoms. The van der Waals surface area contributed by atoms with Crippen molar-refractivity contribution in [2.45, 2.75) is 30.7 Å². The Hall–Kier alpha value is -1.44. The highest BCUT2D eigenvalue weighted by molar-refractivity contribution is 7.89. The maximum atomic E-state index is 12.8. The van der Waals surface area contributed by atoms with E-state index in [9.17, 15) is 13.2 Å². The van der Waals surface area contributed by atoms with Crippen LogP contribution >= 0.6 is 0 Å². The number of methoxy groups -OCH3 is 1. The Morgan fingerprint density at radius 2 is 1.91 bits per heavy atom. The van der Waals surface area contributed by atoms with Crippen molar-refractivity contribution in [2.75, 3.05) is 20.2 Å². The van der Waals surface area contributed by atoms with Crippen LogP contribution in [0.3, 0.4) is 0 Å². The van der Waals surface area contributed by atoms with E-state index in [1.165, 1.54) is 23.5 Å². The molecule has 2 N–H and O–H groups in total. The Bertz CT molecular complexity index is 635. The Morgan fingerprint density at radius 1 is 1.32 bits per heavy atom. The Kier molecular flexibility index (Phi) is 5.20. The van der Waals surface area contributed by atoms with Gasteiger partial charge in [-0.2, -0.15) is 4.31 Å². The topological polar surface area (TPSA) is 89.7 Å². The first-order valence-electron chi connectivity index (χ1n) is 7.31. The highest BCUT2D eigenvalue weighted by Gasteiger charge is 2.33. The normalized spacial score (nSPS) is 18.9. The number of rotatable bonds is 4. The van der Waals surface area contributed by atoms with E-state index in [4.69, 9.17) is 5.73 Å². The van der Waals surface area contributed by atoms with E-state index in [2.05, 4.69) is 4.74 Å². The second-order valence-corrected chi connectivity index (χ2v) is 7.49. The fourth-order valence-corrected chi connectivity index (χ4v) is 4.40. The van der Waals surface area contributed by atoms with Crippen LogP contribution in [0.4, 0.5) is 0 Å². The van der Waals surface area contributed by atoms with Gasteiger partial charge in [-0.3, -0.25) is 0 Å². The average Bonchev–Trinajstić information content (AvgIpc) is 2.54. The van der Waals surface area contributed by atoms with Crippen molar-refractivity contribution in [3.05, 3.63) is 29.8 Å². The van der Waals surface area contributed by atoms with Crippen LogP contribution in [0.25, 0.3) is 0 Å². The first-order valence-corrected chi connectivity index (χ1v) is 8.75. The number of nitrogens with zero attached hydrogens (tertiary/aromatic N) is 1. The minimum absolute atomic E-state index is 0.00102. The van der Waals surface area contributed by atoms with Gasteiger partial charge >= 0.3 is 5.97 Å². The van der Waals surface area contributed by atoms with Crippen LogP contribution in [0.15, 0.2) is 29.2 Å². The van der Waals surface area contributed by atoms with Gasteiger partial charge in [0.15, 0.2) is 0 Å². The average molecular weight is 326 g/mol. The van der Waals surface area contributed by atoms with Crippen molar-refractivity contribution in [1.29, 1.82) is 0 Å². The molecule has 6 nitrogen and oxygen atoms in total. The Balaban J connectivity index is 2.27. The lowest BCUT2D eigenvalue weighted by molar-refractivity contribution is 0.0596. The smallest absolute Gasteiger partial charge is 0.339 e. The van der Waals surface area contributed by atoms with Crippen molar-refractivity contribution in [2.24, 2.45) is 11.7 Å². The van der Waals surface area contributed by atoms with E-state index < -0.39 is 16.0 Å². The van der Waals surface area contributed by atoms with Gasteiger partial charge in [0.05, 0.1) is 17.6 Å². The summed E-state index contributed by atoms with van der Waals surface area (Å²) in [5.41, 5.74) is 5.95. The van der Waals surface area contributed by atoms with Gasteiger partial charge in [0.25, 0.3) is 0 Å². The molecule has 1 fully saturated rings. The molecular formula is C15H22N2O4S. The summed E-state index contributed by atoms with van der Waals surface area (Å²) >= 11 is 0. The number of hydrogen-bond donors (Lipinski definition) is 1. The van der Waals surface area contributed by atoms with Gasteiger partial charge in [0.1, 0.15) is 0 Å². The zero-order valence-corrected chi connectivity index (χ0v) is 13.7. The molecule has 0 amide bonds. The lowest BCUT2D eigenvalue weighted by atomic mass is 9.92. The number of sulfonamides is 1. The van der Waals surface area contributed by atoms with Crippen LogP contribution in [0.2, 0.25) is 0 Å². The summed E-state index contributed by atoms with van der Waals surface area (Å²) in [6, 6.07) is 6.20. The second-order valence-electron chi connectivity index (χ2n) is 5.59. The molecule has 0 saturated carbocycles. The van der Waals surface area contributed by atoms with Gasteiger partial charge in [0, 0.05) is 19.1 Å². The quantitative estimate of drug-likeness (QED) is 0.840. The maximum Gasteiger partial charge on any atom is 0.339 e. The van der Waals surface area contributed by atoms with E-state index in [0.717, 1.165) is 12.8 Å². The molecule has 122 valence electrons. The summed E-state index contributed by atoms with van der Waals surface area (Å²) in [4.78, 5) is 11.8. The molecule has 1 atom stereocenters. The van der Waals surface area contributed by atoms with Crippen molar-refractivity contribution < 1.29 is 17.9 Å². The first kappa shape index (κ1) is 16.9. The number of carbonyl (C=O) groups is 1. The van der Waals surface area contributed by atoms with Crippen LogP contribution in [0, 0.1) is 5.92 Å². The van der Waals surface area contributed by atoms with E-state index >= 15 is 0 Å². The van der Waals surface area contributed by atoms with Crippen molar-refractivity contribution in [3.63, 3.8) is 0 Å². The summed E-state index contributed by atoms with van der Waals surface area (Å²) in [5, 5.41) is 0. The maximum absolute atomic E-state index is 12.8. The molecule has 0 spiro atoms. The minimum atomic E-state index is -3.71. The molecular weight excluding hydrogens is 304 g/mol. The van der Waals surface area contributed by atoms with Crippen LogP contribution in [0.5, 0.6) is 0 Å². The zero-order valence-electron chi connectivity index (χ0n) is 12.9. The van der Waals surface area contributed by atoms with Crippen molar-refractivity contribution >= 4 is 16.0 Å². The van der Waals surface area contributed by atoms with Crippen LogP contribution in [-0.2, 0) is 14.8 Å². The Labute approximate surface area is 131 Å². The molecule has 1 heterocycles. The number of nitrogens with two attached hydrogens (primary N) is 1. The van der Waals surface area contributed by atoms with Gasteiger partial charge in [-0.1, -0.05) is 12.1 Å². The van der Waals surface area contributed by atoms with E-state index in [1.807, 2.05) is 6.92 Å². The molecule has 7 heteroatoms. The number of benzene rings is 1. The van der Waals surface area contributed by atoms with E-state index in [-0.39, 0.29) is 16.5 Å². The van der Waals surface area contributed by atoms with Gasteiger partial charge in [-0.25, -0.2) is 13.2 Å². The molecule has 0 aliphatic carbocycles. The summed E-state index contributed by atoms with van der Waals surface area (Å²) < 4.78 is 31.7. The highest BCUT2D eigenvalue weighted by Crippen LogP contribution is 2.27. The fraction of sp³-hybridized carbons (Fsp3) is 0.533. The summed E-state index contributed by atoms with van der Waals surface area (Å²) in [7, 11) is -2.47. The first-order chi connectivity index (χ1) is 10.4. The number of esters is 1. The van der Waals surface area contributed by atoms with Gasteiger partial charge in [-0.15, -0.1) is 0 Å². The van der Waals surface area contributed by atoms with Crippen molar-refractivity contribution in [3.8, 4) is 0 Å². The molecule has 0 aromatic heterocycles. The summed E-state index contributed by atoms with van der Waals surface area (Å²) in [5.74, 6) is -0.313. The number of carbonyl (C=O) groups excluding carboxylic acids is 1. The number of hydrogen-bond acceptors (Lipinski definition) is 5. The Morgan fingerprint density at radius 3 is 2.45 bits per heavy atom. The molecule has 1 aliphatic rings. The standard InChI is InChI=1S/C15H22N2O4S/c1-11(16)12-7-9-17(10-8-12)22(19,20)14-6-4-3-5-13(14)15(18)21-2/h3-6,11-12H,7-10,16H2,1-2H3. The summed E-state index contributed by atoms with van der Waals surface area (Å²) in [6.07, 6.45) is 1.47. The monoisotopic (exact) mass is 326 g/mol. The van der Waals surface area contributed by atoms with E-state index in [1.54, 1.807) is 12.1 Å². The lowest BCUT2D eigenvalue weighted by Crippen LogP contribution is -2.42. The van der Waals surface area contributed by atoms with E-state index in [0.29, 0.717) is 19.0 Å². The fourth-order valence-electron chi connectivity index (χ4n) is 2.75. The predicted molar refractivity (Wildman–Crippen MR) is 82.9 cm³/mol. The van der Waals surface area contributed by atoms with Crippen LogP contribution in [0.1, 0.15) is 30.1 Å². The minimum Gasteiger partial charge on any atom is -0.465 e. The number of ether oxygens (including phenoxy) is 1. The molecule has 22 heavy (non-hydrogen) atoms. The van der Waals surface area contributed by atoms with Crippen LogP contribution < -0.4 is 5.73 Å². The summed E-state index contributed by atoms with van der Waals surface area (Å²) in [6.45, 7) is 2.79. The molecule has 1 aromatic carbocycles. The molecule has 1 aromatic rings. The van der Waals surface area contributed by atoms with Gasteiger partial charge < -0.3 is 10.5 Å². The third kappa shape index (κ3) is 3.31. The third-order valence-electron chi connectivity index (χ3n) is 4.15. The van der Waals surface area contributed by atoms with Gasteiger partial charge in [-0.05, 0) is 37.8 Å². The van der Waals surface area contributed by atoms with Crippen molar-refractivity contribution in [1.82, 2.24) is 4.31 Å². The largest absolute Gasteiger partial charge is 0.465 e. The second kappa shape index (κ2) is 6.76. The zero-order chi connectivity index (χ0) is 16.3. The van der Waals surface area contributed by atoms with Crippen LogP contribution in [-0.4, -0.2) is 44.9 Å². The molecule has 0 radical (unpaired) electrons. The molecule has 1 unspecified atom stereocenters. The molecule has 1 saturated heterocycles. The highest BCUT2D eigenvalue weighted by atomic mass is 32.2. The van der Waals surface area contributed by atoms with Gasteiger partial charge in [0.2, 0.25) is 10.0 Å². The molecule has 2 rings (SSSR count). The lowest BCUT2D eigenvalue weighted by Gasteiger charge is -2.33. The third-order valence-corrected chi connectivity index (χ3v) is 6.11. The molecule has 1 aliphatic heterocycles. The predicted octanol–water partition coefficient (Wildman–Crippen LogP) is 1.22. The number of piperidine rings is 1. The SMILES string of the molecule is COC(=O)c1ccccc1S(=O)(=O)N1CCC(C(C)N)CC1.